The molecule has 19 heavy (non-hydrogen) atoms. The van der Waals surface area contributed by atoms with E-state index >= 15 is 0 Å². The fraction of sp³-hybridized carbons (Fsp3) is 0.200. The SMILES string of the molecule is O=[P+]([O-])C[NH+](Cc1ccccc1)Cc1ccccc1. The Labute approximate surface area is 114 Å². The van der Waals surface area contributed by atoms with Crippen molar-refractivity contribution in [3.05, 3.63) is 71.8 Å². The average molecular weight is 274 g/mol. The van der Waals surface area contributed by atoms with Crippen LogP contribution < -0.4 is 9.79 Å². The maximum Gasteiger partial charge on any atom is 0.369 e. The van der Waals surface area contributed by atoms with Crippen molar-refractivity contribution >= 4 is 8.03 Å². The Morgan fingerprint density at radius 2 is 1.26 bits per heavy atom. The summed E-state index contributed by atoms with van der Waals surface area (Å²) in [4.78, 5) is 12.0. The van der Waals surface area contributed by atoms with E-state index in [9.17, 15) is 9.46 Å². The highest BCUT2D eigenvalue weighted by Gasteiger charge is 2.16. The van der Waals surface area contributed by atoms with Gasteiger partial charge < -0.3 is 4.89 Å². The predicted molar refractivity (Wildman–Crippen MR) is 73.7 cm³/mol. The third kappa shape index (κ3) is 4.92. The molecule has 1 N–H and O–H groups in total. The van der Waals surface area contributed by atoms with E-state index < -0.39 is 8.03 Å². The standard InChI is InChI=1S/C15H16NO2P/c17-19(18)13-16(11-14-7-3-1-4-8-14)12-15-9-5-2-6-10-15/h1-10H,11-13H2/p+1. The van der Waals surface area contributed by atoms with Gasteiger partial charge in [0.05, 0.1) is 0 Å². The number of hydrogen-bond donors (Lipinski definition) is 1. The maximum absolute atomic E-state index is 11.0. The number of benzene rings is 2. The van der Waals surface area contributed by atoms with Crippen LogP contribution in [0.25, 0.3) is 0 Å². The summed E-state index contributed by atoms with van der Waals surface area (Å²) >= 11 is 0. The highest BCUT2D eigenvalue weighted by atomic mass is 31.1. The van der Waals surface area contributed by atoms with Crippen LogP contribution in [0.3, 0.4) is 0 Å². The van der Waals surface area contributed by atoms with Gasteiger partial charge in [-0.1, -0.05) is 65.2 Å². The number of nitrogens with one attached hydrogen (secondary N) is 1. The van der Waals surface area contributed by atoms with Gasteiger partial charge in [0.25, 0.3) is 6.29 Å². The Bertz CT molecular complexity index is 475. The van der Waals surface area contributed by atoms with E-state index in [0.717, 1.165) is 29.1 Å². The van der Waals surface area contributed by atoms with Gasteiger partial charge in [0, 0.05) is 11.1 Å². The number of hydrogen-bond acceptors (Lipinski definition) is 2. The largest absolute Gasteiger partial charge is 0.591 e. The summed E-state index contributed by atoms with van der Waals surface area (Å²) in [5.74, 6) is 0. The molecule has 2 aromatic carbocycles. The molecule has 0 heterocycles. The first kappa shape index (κ1) is 13.9. The van der Waals surface area contributed by atoms with Crippen LogP contribution in [0.1, 0.15) is 11.1 Å². The molecule has 0 spiro atoms. The van der Waals surface area contributed by atoms with Crippen molar-refractivity contribution in [1.82, 2.24) is 0 Å². The Hall–Kier alpha value is -1.54. The van der Waals surface area contributed by atoms with Gasteiger partial charge in [-0.25, -0.2) is 0 Å². The quantitative estimate of drug-likeness (QED) is 0.808. The van der Waals surface area contributed by atoms with Gasteiger partial charge in [-0.15, -0.1) is 0 Å². The number of quaternary nitrogens is 1. The lowest BCUT2D eigenvalue weighted by Gasteiger charge is -2.15. The maximum atomic E-state index is 11.0. The Balaban J connectivity index is 2.06. The second-order valence-corrected chi connectivity index (χ2v) is 5.55. The van der Waals surface area contributed by atoms with Crippen molar-refractivity contribution in [3.63, 3.8) is 0 Å². The zero-order valence-corrected chi connectivity index (χ0v) is 11.6. The first-order valence-corrected chi connectivity index (χ1v) is 7.63. The van der Waals surface area contributed by atoms with E-state index in [1.807, 2.05) is 60.7 Å². The highest BCUT2D eigenvalue weighted by molar-refractivity contribution is 7.36. The van der Waals surface area contributed by atoms with Crippen LogP contribution in [0, 0.1) is 0 Å². The summed E-state index contributed by atoms with van der Waals surface area (Å²) in [5.41, 5.74) is 2.32. The molecular weight excluding hydrogens is 257 g/mol. The van der Waals surface area contributed by atoms with E-state index in [0.29, 0.717) is 0 Å². The van der Waals surface area contributed by atoms with E-state index in [1.165, 1.54) is 0 Å². The normalized spacial score (nSPS) is 11.6. The molecular formula is C15H17NO2P+. The van der Waals surface area contributed by atoms with Crippen LogP contribution in [0.2, 0.25) is 0 Å². The molecule has 0 fully saturated rings. The van der Waals surface area contributed by atoms with Crippen molar-refractivity contribution in [2.24, 2.45) is 0 Å². The van der Waals surface area contributed by atoms with Gasteiger partial charge in [0.1, 0.15) is 13.1 Å². The van der Waals surface area contributed by atoms with Gasteiger partial charge in [-0.05, 0) is 0 Å². The topological polar surface area (TPSA) is 44.6 Å². The van der Waals surface area contributed by atoms with E-state index in [-0.39, 0.29) is 6.29 Å². The molecule has 98 valence electrons. The van der Waals surface area contributed by atoms with Crippen molar-refractivity contribution < 1.29 is 14.4 Å². The zero-order chi connectivity index (χ0) is 13.5. The fourth-order valence-corrected chi connectivity index (χ4v) is 2.71. The molecule has 0 saturated heterocycles. The summed E-state index contributed by atoms with van der Waals surface area (Å²) < 4.78 is 11.0. The molecule has 1 atom stereocenters. The molecule has 2 aromatic rings. The van der Waals surface area contributed by atoms with E-state index in [2.05, 4.69) is 0 Å². The summed E-state index contributed by atoms with van der Waals surface area (Å²) in [5, 5.41) is 0. The summed E-state index contributed by atoms with van der Waals surface area (Å²) in [6.45, 7) is 1.44. The Morgan fingerprint density at radius 1 is 0.842 bits per heavy atom. The molecule has 0 aliphatic heterocycles. The minimum absolute atomic E-state index is 0.166. The van der Waals surface area contributed by atoms with Crippen molar-refractivity contribution in [1.29, 1.82) is 0 Å². The van der Waals surface area contributed by atoms with Gasteiger partial charge in [0.2, 0.25) is 0 Å². The minimum atomic E-state index is -2.37. The summed E-state index contributed by atoms with van der Waals surface area (Å²) in [6.07, 6.45) is 0.166. The van der Waals surface area contributed by atoms with Gasteiger partial charge in [0.15, 0.2) is 0 Å². The lowest BCUT2D eigenvalue weighted by atomic mass is 10.2. The van der Waals surface area contributed by atoms with Gasteiger partial charge in [-0.2, -0.15) is 0 Å². The van der Waals surface area contributed by atoms with Crippen LogP contribution in [-0.4, -0.2) is 6.29 Å². The second-order valence-electron chi connectivity index (χ2n) is 4.57. The Morgan fingerprint density at radius 3 is 1.63 bits per heavy atom. The molecule has 0 aromatic heterocycles. The first-order chi connectivity index (χ1) is 9.24. The molecule has 0 aliphatic rings. The second kappa shape index (κ2) is 7.15. The summed E-state index contributed by atoms with van der Waals surface area (Å²) in [6, 6.07) is 20.0. The van der Waals surface area contributed by atoms with Crippen LogP contribution in [0.15, 0.2) is 60.7 Å². The van der Waals surface area contributed by atoms with Crippen molar-refractivity contribution in [3.8, 4) is 0 Å². The fourth-order valence-electron chi connectivity index (χ4n) is 2.13. The lowest BCUT2D eigenvalue weighted by Crippen LogP contribution is -3.09. The van der Waals surface area contributed by atoms with Crippen molar-refractivity contribution in [2.75, 3.05) is 6.29 Å². The average Bonchev–Trinajstić information content (AvgIpc) is 2.40. The molecule has 0 aliphatic carbocycles. The smallest absolute Gasteiger partial charge is 0.369 e. The predicted octanol–water partition coefficient (Wildman–Crippen LogP) is 1.33. The van der Waals surface area contributed by atoms with Crippen LogP contribution in [-0.2, 0) is 17.7 Å². The molecule has 4 heteroatoms. The highest BCUT2D eigenvalue weighted by Crippen LogP contribution is 2.03. The minimum Gasteiger partial charge on any atom is -0.591 e. The molecule has 0 amide bonds. The van der Waals surface area contributed by atoms with Gasteiger partial charge >= 0.3 is 8.03 Å². The molecule has 0 saturated carbocycles. The van der Waals surface area contributed by atoms with Crippen molar-refractivity contribution in [2.45, 2.75) is 13.1 Å². The summed E-state index contributed by atoms with van der Waals surface area (Å²) in [7, 11) is -2.37. The van der Waals surface area contributed by atoms with Crippen LogP contribution >= 0.6 is 8.03 Å². The van der Waals surface area contributed by atoms with E-state index in [1.54, 1.807) is 0 Å². The molecule has 0 bridgehead atoms. The molecule has 0 radical (unpaired) electrons. The zero-order valence-electron chi connectivity index (χ0n) is 10.7. The van der Waals surface area contributed by atoms with E-state index in [4.69, 9.17) is 0 Å². The molecule has 3 nitrogen and oxygen atoms in total. The molecule has 2 rings (SSSR count). The van der Waals surface area contributed by atoms with Crippen LogP contribution in [0.5, 0.6) is 0 Å². The van der Waals surface area contributed by atoms with Gasteiger partial charge in [-0.3, -0.25) is 4.90 Å². The van der Waals surface area contributed by atoms with Crippen LogP contribution in [0.4, 0.5) is 0 Å². The molecule has 1 unspecified atom stereocenters. The number of rotatable bonds is 6. The third-order valence-corrected chi connectivity index (χ3v) is 3.65. The Kier molecular flexibility index (Phi) is 5.22. The first-order valence-electron chi connectivity index (χ1n) is 6.27. The lowest BCUT2D eigenvalue weighted by molar-refractivity contribution is -0.917. The third-order valence-electron chi connectivity index (χ3n) is 2.95. The monoisotopic (exact) mass is 274 g/mol.